The molecule has 0 bridgehead atoms. The summed E-state index contributed by atoms with van der Waals surface area (Å²) in [7, 11) is 3.44. The van der Waals surface area contributed by atoms with E-state index in [-0.39, 0.29) is 42.2 Å². The minimum atomic E-state index is -0.225. The van der Waals surface area contributed by atoms with Gasteiger partial charge in [-0.1, -0.05) is 19.1 Å². The normalized spacial score (nSPS) is 17.1. The van der Waals surface area contributed by atoms with Crippen LogP contribution >= 0.6 is 24.0 Å². The largest absolute Gasteiger partial charge is 0.356 e. The third-order valence-corrected chi connectivity index (χ3v) is 4.88. The number of carbonyl (C=O) groups excluding carboxylic acids is 1. The maximum absolute atomic E-state index is 13.3. The van der Waals surface area contributed by atoms with Crippen LogP contribution in [0.25, 0.3) is 0 Å². The quantitative estimate of drug-likeness (QED) is 0.323. The molecule has 1 aromatic carbocycles. The van der Waals surface area contributed by atoms with Crippen LogP contribution in [0.2, 0.25) is 0 Å². The highest BCUT2D eigenvalue weighted by atomic mass is 127. The number of hydrogen-bond donors (Lipinski definition) is 2. The second-order valence-electron chi connectivity index (χ2n) is 7.07. The number of likely N-dealkylation sites (N-methyl/N-ethyl adjacent to an activating group) is 2. The Balaban J connectivity index is 0.00000392. The molecule has 1 aromatic rings. The maximum Gasteiger partial charge on any atom is 0.243 e. The summed E-state index contributed by atoms with van der Waals surface area (Å²) in [4.78, 5) is 20.3. The van der Waals surface area contributed by atoms with Gasteiger partial charge in [-0.05, 0) is 50.0 Å². The smallest absolute Gasteiger partial charge is 0.243 e. The van der Waals surface area contributed by atoms with Crippen molar-refractivity contribution in [1.29, 1.82) is 0 Å². The molecule has 0 aromatic heterocycles. The molecule has 0 saturated carbocycles. The maximum atomic E-state index is 13.3. The number of rotatable bonds is 8. The fourth-order valence-corrected chi connectivity index (χ4v) is 3.24. The lowest BCUT2D eigenvalue weighted by molar-refractivity contribution is -0.127. The summed E-state index contributed by atoms with van der Waals surface area (Å²) < 4.78 is 13.3. The van der Waals surface area contributed by atoms with Gasteiger partial charge in [-0.15, -0.1) is 24.0 Å². The predicted molar refractivity (Wildman–Crippen MR) is 123 cm³/mol. The van der Waals surface area contributed by atoms with Crippen LogP contribution in [-0.2, 0) is 11.2 Å². The average molecular weight is 505 g/mol. The molecule has 2 N–H and O–H groups in total. The van der Waals surface area contributed by atoms with Gasteiger partial charge in [-0.2, -0.15) is 0 Å². The summed E-state index contributed by atoms with van der Waals surface area (Å²) in [6.45, 7) is 5.89. The minimum absolute atomic E-state index is 0. The summed E-state index contributed by atoms with van der Waals surface area (Å²) in [5.41, 5.74) is 0.930. The van der Waals surface area contributed by atoms with Crippen LogP contribution in [-0.4, -0.2) is 74.5 Å². The van der Waals surface area contributed by atoms with E-state index in [1.165, 1.54) is 23.8 Å². The fourth-order valence-electron chi connectivity index (χ4n) is 3.24. The van der Waals surface area contributed by atoms with Gasteiger partial charge < -0.3 is 15.5 Å². The lowest BCUT2D eigenvalue weighted by Crippen LogP contribution is -2.45. The standard InChI is InChI=1S/C20H32FN5O.HI/c1-4-26-12-6-9-18(26)14-23-20(24-15-19(27)25(2)3)22-11-10-16-7-5-8-17(21)13-16;/h5,7-8,13,18H,4,6,9-12,14-15H2,1-3H3,(H2,22,23,24);1H. The Morgan fingerprint density at radius 3 is 2.82 bits per heavy atom. The zero-order valence-electron chi connectivity index (χ0n) is 17.1. The number of likely N-dealkylation sites (tertiary alicyclic amines) is 1. The highest BCUT2D eigenvalue weighted by Crippen LogP contribution is 2.15. The summed E-state index contributed by atoms with van der Waals surface area (Å²) in [6, 6.07) is 7.10. The second-order valence-corrected chi connectivity index (χ2v) is 7.07. The SMILES string of the molecule is CCN1CCCC1CNC(=NCC(=O)N(C)C)NCCc1cccc(F)c1.I. The summed E-state index contributed by atoms with van der Waals surface area (Å²) in [5.74, 6) is 0.360. The molecule has 0 spiro atoms. The molecule has 0 radical (unpaired) electrons. The molecule has 1 amide bonds. The van der Waals surface area contributed by atoms with Crippen LogP contribution in [0.4, 0.5) is 4.39 Å². The number of nitrogens with zero attached hydrogens (tertiary/aromatic N) is 3. The van der Waals surface area contributed by atoms with E-state index in [4.69, 9.17) is 0 Å². The van der Waals surface area contributed by atoms with E-state index in [9.17, 15) is 9.18 Å². The third kappa shape index (κ3) is 8.30. The highest BCUT2D eigenvalue weighted by Gasteiger charge is 2.22. The second kappa shape index (κ2) is 12.9. The molecule has 8 heteroatoms. The molecule has 1 heterocycles. The molecular formula is C20H33FIN5O. The Labute approximate surface area is 185 Å². The molecule has 1 saturated heterocycles. The van der Waals surface area contributed by atoms with Crippen molar-refractivity contribution >= 4 is 35.8 Å². The highest BCUT2D eigenvalue weighted by molar-refractivity contribution is 14.0. The monoisotopic (exact) mass is 505 g/mol. The van der Waals surface area contributed by atoms with Gasteiger partial charge in [0.05, 0.1) is 0 Å². The number of halogens is 2. The van der Waals surface area contributed by atoms with E-state index in [0.29, 0.717) is 25.0 Å². The molecule has 6 nitrogen and oxygen atoms in total. The molecule has 28 heavy (non-hydrogen) atoms. The van der Waals surface area contributed by atoms with Crippen LogP contribution in [0.3, 0.4) is 0 Å². The van der Waals surface area contributed by atoms with E-state index in [2.05, 4.69) is 27.4 Å². The molecule has 1 aliphatic rings. The van der Waals surface area contributed by atoms with Gasteiger partial charge in [0, 0.05) is 33.2 Å². The number of hydrogen-bond acceptors (Lipinski definition) is 3. The molecular weight excluding hydrogens is 472 g/mol. The van der Waals surface area contributed by atoms with Gasteiger partial charge in [0.1, 0.15) is 12.4 Å². The number of aliphatic imine (C=N–C) groups is 1. The van der Waals surface area contributed by atoms with Crippen molar-refractivity contribution in [3.05, 3.63) is 35.6 Å². The lowest BCUT2D eigenvalue weighted by atomic mass is 10.1. The van der Waals surface area contributed by atoms with Crippen LogP contribution in [0.15, 0.2) is 29.3 Å². The van der Waals surface area contributed by atoms with Crippen LogP contribution in [0, 0.1) is 5.82 Å². The molecule has 1 atom stereocenters. The van der Waals surface area contributed by atoms with E-state index >= 15 is 0 Å². The Bertz CT molecular complexity index is 641. The van der Waals surface area contributed by atoms with Crippen molar-refractivity contribution in [2.75, 3.05) is 46.8 Å². The van der Waals surface area contributed by atoms with E-state index < -0.39 is 0 Å². The Hall–Kier alpha value is -1.42. The van der Waals surface area contributed by atoms with Gasteiger partial charge in [-0.3, -0.25) is 9.69 Å². The molecule has 1 unspecified atom stereocenters. The van der Waals surface area contributed by atoms with Crippen LogP contribution < -0.4 is 10.6 Å². The first-order valence-electron chi connectivity index (χ1n) is 9.70. The molecule has 2 rings (SSSR count). The zero-order valence-corrected chi connectivity index (χ0v) is 19.4. The molecule has 1 aliphatic heterocycles. The number of guanidine groups is 1. The van der Waals surface area contributed by atoms with Crippen molar-refractivity contribution in [2.24, 2.45) is 4.99 Å². The molecule has 1 fully saturated rings. The van der Waals surface area contributed by atoms with Gasteiger partial charge in [-0.25, -0.2) is 9.38 Å². The Kier molecular flexibility index (Phi) is 11.4. The summed E-state index contributed by atoms with van der Waals surface area (Å²) >= 11 is 0. The van der Waals surface area contributed by atoms with Crippen molar-refractivity contribution in [3.8, 4) is 0 Å². The lowest BCUT2D eigenvalue weighted by Gasteiger charge is -2.24. The minimum Gasteiger partial charge on any atom is -0.356 e. The average Bonchev–Trinajstić information content (AvgIpc) is 3.10. The predicted octanol–water partition coefficient (Wildman–Crippen LogP) is 2.09. The first-order chi connectivity index (χ1) is 13.0. The number of amides is 1. The van der Waals surface area contributed by atoms with Crippen LogP contribution in [0.1, 0.15) is 25.3 Å². The summed E-state index contributed by atoms with van der Waals surface area (Å²) in [6.07, 6.45) is 3.08. The van der Waals surface area contributed by atoms with E-state index in [0.717, 1.165) is 25.2 Å². The van der Waals surface area contributed by atoms with Crippen molar-refractivity contribution in [2.45, 2.75) is 32.2 Å². The van der Waals surface area contributed by atoms with E-state index in [1.54, 1.807) is 26.2 Å². The number of benzene rings is 1. The van der Waals surface area contributed by atoms with Crippen molar-refractivity contribution in [3.63, 3.8) is 0 Å². The van der Waals surface area contributed by atoms with Crippen LogP contribution in [0.5, 0.6) is 0 Å². The van der Waals surface area contributed by atoms with Gasteiger partial charge in [0.2, 0.25) is 5.91 Å². The summed E-state index contributed by atoms with van der Waals surface area (Å²) in [5, 5.41) is 6.64. The first-order valence-corrected chi connectivity index (χ1v) is 9.70. The van der Waals surface area contributed by atoms with Gasteiger partial charge >= 0.3 is 0 Å². The Morgan fingerprint density at radius 1 is 1.36 bits per heavy atom. The number of carbonyl (C=O) groups is 1. The fraction of sp³-hybridized carbons (Fsp3) is 0.600. The first kappa shape index (κ1) is 24.6. The van der Waals surface area contributed by atoms with Gasteiger partial charge in [0.25, 0.3) is 0 Å². The van der Waals surface area contributed by atoms with Crippen molar-refractivity contribution in [1.82, 2.24) is 20.4 Å². The zero-order chi connectivity index (χ0) is 19.6. The third-order valence-electron chi connectivity index (χ3n) is 4.88. The topological polar surface area (TPSA) is 60.0 Å². The van der Waals surface area contributed by atoms with Gasteiger partial charge in [0.15, 0.2) is 5.96 Å². The van der Waals surface area contributed by atoms with E-state index in [1.807, 2.05) is 6.07 Å². The number of nitrogens with one attached hydrogen (secondary N) is 2. The molecule has 0 aliphatic carbocycles. The Morgan fingerprint density at radius 2 is 2.14 bits per heavy atom. The van der Waals surface area contributed by atoms with Crippen molar-refractivity contribution < 1.29 is 9.18 Å². The molecule has 158 valence electrons.